The van der Waals surface area contributed by atoms with E-state index in [-0.39, 0.29) is 0 Å². The van der Waals surface area contributed by atoms with Gasteiger partial charge in [-0.25, -0.2) is 0 Å². The number of hydrogen-bond acceptors (Lipinski definition) is 5. The Kier molecular flexibility index (Phi) is 4.33. The Hall–Kier alpha value is -0.870. The standard InChI is InChI=1S/C11H17O5P/c1-11(12,17(13,15-3)16-4)9-6-5-7-10(8-9)14-2/h5-8,12H,1-4H3. The van der Waals surface area contributed by atoms with E-state index in [1.165, 1.54) is 28.3 Å². The Balaban J connectivity index is 3.24. The fraction of sp³-hybridized carbons (Fsp3) is 0.455. The molecule has 0 saturated carbocycles. The van der Waals surface area contributed by atoms with Crippen molar-refractivity contribution in [1.82, 2.24) is 0 Å². The lowest BCUT2D eigenvalue weighted by molar-refractivity contribution is 0.0930. The molecule has 1 N–H and O–H groups in total. The molecule has 0 radical (unpaired) electrons. The van der Waals surface area contributed by atoms with Crippen molar-refractivity contribution in [2.45, 2.75) is 12.3 Å². The summed E-state index contributed by atoms with van der Waals surface area (Å²) in [6.45, 7) is 1.38. The van der Waals surface area contributed by atoms with Crippen molar-refractivity contribution < 1.29 is 23.5 Å². The van der Waals surface area contributed by atoms with Crippen LogP contribution in [0.5, 0.6) is 5.75 Å². The third-order valence-electron chi connectivity index (χ3n) is 2.63. The van der Waals surface area contributed by atoms with Gasteiger partial charge < -0.3 is 18.9 Å². The third-order valence-corrected chi connectivity index (χ3v) is 4.92. The van der Waals surface area contributed by atoms with E-state index >= 15 is 0 Å². The molecule has 0 aliphatic rings. The first-order valence-electron chi connectivity index (χ1n) is 5.00. The van der Waals surface area contributed by atoms with Gasteiger partial charge in [0.15, 0.2) is 5.34 Å². The molecule has 1 rings (SSSR count). The molecule has 0 bridgehead atoms. The summed E-state index contributed by atoms with van der Waals surface area (Å²) in [4.78, 5) is 0. The van der Waals surface area contributed by atoms with Gasteiger partial charge in [0.1, 0.15) is 5.75 Å². The lowest BCUT2D eigenvalue weighted by Crippen LogP contribution is -2.23. The number of methoxy groups -OCH3 is 1. The zero-order chi connectivity index (χ0) is 13.1. The minimum atomic E-state index is -3.64. The predicted molar refractivity (Wildman–Crippen MR) is 64.2 cm³/mol. The predicted octanol–water partition coefficient (Wildman–Crippen LogP) is 2.35. The molecule has 1 atom stereocenters. The summed E-state index contributed by atoms with van der Waals surface area (Å²) in [6, 6.07) is 6.64. The van der Waals surface area contributed by atoms with Crippen molar-refractivity contribution in [3.8, 4) is 5.75 Å². The average Bonchev–Trinajstić information content (AvgIpc) is 2.37. The van der Waals surface area contributed by atoms with Crippen LogP contribution in [0.3, 0.4) is 0 Å². The van der Waals surface area contributed by atoms with Crippen LogP contribution >= 0.6 is 7.60 Å². The highest BCUT2D eigenvalue weighted by Gasteiger charge is 2.46. The van der Waals surface area contributed by atoms with E-state index in [0.29, 0.717) is 11.3 Å². The Morgan fingerprint density at radius 2 is 1.82 bits per heavy atom. The number of aliphatic hydroxyl groups is 1. The Morgan fingerprint density at radius 3 is 2.29 bits per heavy atom. The Labute approximate surface area is 101 Å². The molecule has 1 aromatic rings. The van der Waals surface area contributed by atoms with E-state index in [2.05, 4.69) is 0 Å². The average molecular weight is 260 g/mol. The highest BCUT2D eigenvalue weighted by atomic mass is 31.2. The second-order valence-electron chi connectivity index (χ2n) is 3.62. The van der Waals surface area contributed by atoms with Gasteiger partial charge in [-0.2, -0.15) is 0 Å². The molecule has 0 aromatic heterocycles. The molecule has 0 aliphatic carbocycles. The summed E-state index contributed by atoms with van der Waals surface area (Å²) < 4.78 is 26.9. The molecule has 0 amide bonds. The fourth-order valence-corrected chi connectivity index (χ4v) is 2.82. The van der Waals surface area contributed by atoms with Gasteiger partial charge in [0.05, 0.1) is 7.11 Å². The van der Waals surface area contributed by atoms with E-state index in [1.54, 1.807) is 24.3 Å². The van der Waals surface area contributed by atoms with Crippen LogP contribution in [0.15, 0.2) is 24.3 Å². The van der Waals surface area contributed by atoms with E-state index in [9.17, 15) is 9.67 Å². The molecule has 96 valence electrons. The van der Waals surface area contributed by atoms with Crippen LogP contribution in [-0.2, 0) is 19.0 Å². The van der Waals surface area contributed by atoms with Crippen LogP contribution < -0.4 is 4.74 Å². The van der Waals surface area contributed by atoms with Gasteiger partial charge in [0, 0.05) is 14.2 Å². The van der Waals surface area contributed by atoms with Crippen molar-refractivity contribution in [2.75, 3.05) is 21.3 Å². The van der Waals surface area contributed by atoms with E-state index in [4.69, 9.17) is 13.8 Å². The SMILES string of the molecule is COc1cccc(C(C)(O)P(=O)(OC)OC)c1. The summed E-state index contributed by atoms with van der Waals surface area (Å²) in [6.07, 6.45) is 0. The summed E-state index contributed by atoms with van der Waals surface area (Å²) in [5.74, 6) is 0.557. The first-order chi connectivity index (χ1) is 7.91. The lowest BCUT2D eigenvalue weighted by atomic mass is 10.1. The quantitative estimate of drug-likeness (QED) is 0.823. The largest absolute Gasteiger partial charge is 0.497 e. The van der Waals surface area contributed by atoms with E-state index in [0.717, 1.165) is 0 Å². The second-order valence-corrected chi connectivity index (χ2v) is 6.21. The van der Waals surface area contributed by atoms with Crippen molar-refractivity contribution in [3.63, 3.8) is 0 Å². The molecule has 0 saturated heterocycles. The normalized spacial score (nSPS) is 15.4. The highest BCUT2D eigenvalue weighted by molar-refractivity contribution is 7.54. The molecule has 0 spiro atoms. The first-order valence-corrected chi connectivity index (χ1v) is 6.54. The minimum absolute atomic E-state index is 0.406. The molecule has 5 nitrogen and oxygen atoms in total. The van der Waals surface area contributed by atoms with Gasteiger partial charge in [0.25, 0.3) is 0 Å². The Morgan fingerprint density at radius 1 is 1.24 bits per heavy atom. The number of hydrogen-bond donors (Lipinski definition) is 1. The maximum Gasteiger partial charge on any atom is 0.365 e. The van der Waals surface area contributed by atoms with Gasteiger partial charge in [0.2, 0.25) is 0 Å². The highest BCUT2D eigenvalue weighted by Crippen LogP contribution is 2.62. The third kappa shape index (κ3) is 2.53. The molecule has 0 aliphatic heterocycles. The molecule has 1 unspecified atom stereocenters. The maximum atomic E-state index is 12.2. The van der Waals surface area contributed by atoms with Crippen molar-refractivity contribution in [2.24, 2.45) is 0 Å². The van der Waals surface area contributed by atoms with Gasteiger partial charge in [-0.3, -0.25) is 4.57 Å². The first kappa shape index (κ1) is 14.2. The van der Waals surface area contributed by atoms with Crippen LogP contribution in [-0.4, -0.2) is 26.4 Å². The topological polar surface area (TPSA) is 65.0 Å². The van der Waals surface area contributed by atoms with Crippen LogP contribution in [0.2, 0.25) is 0 Å². The van der Waals surface area contributed by atoms with Crippen molar-refractivity contribution >= 4 is 7.60 Å². The number of ether oxygens (including phenoxy) is 1. The molecule has 17 heavy (non-hydrogen) atoms. The zero-order valence-corrected chi connectivity index (χ0v) is 11.2. The lowest BCUT2D eigenvalue weighted by Gasteiger charge is -2.30. The summed E-state index contributed by atoms with van der Waals surface area (Å²) in [5, 5.41) is 8.62. The fourth-order valence-electron chi connectivity index (χ4n) is 1.51. The van der Waals surface area contributed by atoms with E-state index < -0.39 is 12.9 Å². The smallest absolute Gasteiger partial charge is 0.365 e. The minimum Gasteiger partial charge on any atom is -0.497 e. The Bertz CT molecular complexity index is 422. The monoisotopic (exact) mass is 260 g/mol. The van der Waals surface area contributed by atoms with Gasteiger partial charge in [-0.15, -0.1) is 0 Å². The van der Waals surface area contributed by atoms with Crippen molar-refractivity contribution in [3.05, 3.63) is 29.8 Å². The van der Waals surface area contributed by atoms with Crippen LogP contribution in [0.4, 0.5) is 0 Å². The van der Waals surface area contributed by atoms with Gasteiger partial charge in [-0.05, 0) is 24.6 Å². The number of rotatable bonds is 5. The van der Waals surface area contributed by atoms with Crippen LogP contribution in [0.1, 0.15) is 12.5 Å². The maximum absolute atomic E-state index is 12.2. The van der Waals surface area contributed by atoms with E-state index in [1.807, 2.05) is 0 Å². The van der Waals surface area contributed by atoms with Crippen molar-refractivity contribution in [1.29, 1.82) is 0 Å². The molecular formula is C11H17O5P. The molecule has 1 aromatic carbocycles. The summed E-state index contributed by atoms with van der Waals surface area (Å²) >= 11 is 0. The molecule has 0 heterocycles. The molecular weight excluding hydrogens is 243 g/mol. The molecule has 6 heteroatoms. The van der Waals surface area contributed by atoms with Crippen LogP contribution in [0.25, 0.3) is 0 Å². The number of benzene rings is 1. The summed E-state index contributed by atoms with van der Waals surface area (Å²) in [5.41, 5.74) is 0.406. The zero-order valence-electron chi connectivity index (χ0n) is 10.3. The van der Waals surface area contributed by atoms with Gasteiger partial charge in [-0.1, -0.05) is 12.1 Å². The molecule has 0 fully saturated rings. The summed E-state index contributed by atoms with van der Waals surface area (Å²) in [7, 11) is 0.348. The van der Waals surface area contributed by atoms with Crippen LogP contribution in [0, 0.1) is 0 Å². The van der Waals surface area contributed by atoms with Gasteiger partial charge >= 0.3 is 7.60 Å². The second kappa shape index (κ2) is 5.19.